The normalized spacial score (nSPS) is 14.2. The quantitative estimate of drug-likeness (QED) is 0.352. The van der Waals surface area contributed by atoms with E-state index in [0.29, 0.717) is 29.0 Å². The van der Waals surface area contributed by atoms with E-state index < -0.39 is 16.0 Å². The number of tetrazole rings is 1. The summed E-state index contributed by atoms with van der Waals surface area (Å²) in [6, 6.07) is 19.6. The van der Waals surface area contributed by atoms with Gasteiger partial charge in [0, 0.05) is 11.3 Å². The van der Waals surface area contributed by atoms with E-state index in [2.05, 4.69) is 25.0 Å². The SMILES string of the molecule is CCCSC1=NS(=O)(=O)c2ccc(C(=O)O)cc2N1Cc1ccc(-c2ccccc2-c2nn[nH]n2)cc1. The highest BCUT2D eigenvalue weighted by Crippen LogP contribution is 2.37. The largest absolute Gasteiger partial charge is 0.478 e. The van der Waals surface area contributed by atoms with Crippen LogP contribution < -0.4 is 4.90 Å². The number of anilines is 1. The first-order valence-corrected chi connectivity index (χ1v) is 13.8. The van der Waals surface area contributed by atoms with Gasteiger partial charge in [-0.05, 0) is 46.5 Å². The molecule has 0 amide bonds. The van der Waals surface area contributed by atoms with Gasteiger partial charge >= 0.3 is 5.97 Å². The highest BCUT2D eigenvalue weighted by molar-refractivity contribution is 8.14. The lowest BCUT2D eigenvalue weighted by Crippen LogP contribution is -2.34. The molecule has 0 atom stereocenters. The Bertz CT molecular complexity index is 1590. The molecular formula is C25H22N6O4S2. The number of amidine groups is 1. The fraction of sp³-hybridized carbons (Fsp3) is 0.160. The average Bonchev–Trinajstić information content (AvgIpc) is 3.44. The number of benzene rings is 3. The summed E-state index contributed by atoms with van der Waals surface area (Å²) >= 11 is 1.33. The van der Waals surface area contributed by atoms with E-state index in [-0.39, 0.29) is 10.5 Å². The number of carboxylic acids is 1. The van der Waals surface area contributed by atoms with E-state index in [9.17, 15) is 18.3 Å². The summed E-state index contributed by atoms with van der Waals surface area (Å²) in [6.45, 7) is 2.31. The number of nitrogens with one attached hydrogen (secondary N) is 1. The molecule has 1 aliphatic rings. The molecule has 37 heavy (non-hydrogen) atoms. The van der Waals surface area contributed by atoms with Gasteiger partial charge in [0.05, 0.1) is 17.8 Å². The number of H-pyrrole nitrogens is 1. The number of fused-ring (bicyclic) bond motifs is 1. The Morgan fingerprint density at radius 3 is 2.49 bits per heavy atom. The van der Waals surface area contributed by atoms with Crippen molar-refractivity contribution in [2.24, 2.45) is 4.40 Å². The van der Waals surface area contributed by atoms with Gasteiger partial charge in [-0.15, -0.1) is 14.6 Å². The van der Waals surface area contributed by atoms with E-state index in [0.717, 1.165) is 28.7 Å². The van der Waals surface area contributed by atoms with Crippen LogP contribution >= 0.6 is 11.8 Å². The molecule has 1 aliphatic heterocycles. The number of aromatic nitrogens is 4. The van der Waals surface area contributed by atoms with Gasteiger partial charge in [0.2, 0.25) is 5.82 Å². The molecule has 1 aromatic heterocycles. The van der Waals surface area contributed by atoms with E-state index in [1.54, 1.807) is 4.90 Å². The van der Waals surface area contributed by atoms with Gasteiger partial charge in [0.25, 0.3) is 10.0 Å². The number of nitrogens with zero attached hydrogens (tertiary/aromatic N) is 5. The molecular weight excluding hydrogens is 512 g/mol. The Morgan fingerprint density at radius 1 is 1.05 bits per heavy atom. The van der Waals surface area contributed by atoms with Crippen molar-refractivity contribution in [2.45, 2.75) is 24.8 Å². The molecule has 0 unspecified atom stereocenters. The number of carbonyl (C=O) groups is 1. The fourth-order valence-corrected chi connectivity index (χ4v) is 6.30. The van der Waals surface area contributed by atoms with Crippen molar-refractivity contribution < 1.29 is 18.3 Å². The van der Waals surface area contributed by atoms with Gasteiger partial charge in [-0.1, -0.05) is 67.2 Å². The van der Waals surface area contributed by atoms with Crippen LogP contribution in [0.5, 0.6) is 0 Å². The summed E-state index contributed by atoms with van der Waals surface area (Å²) in [5.74, 6) is 0.0360. The molecule has 0 saturated carbocycles. The molecule has 5 rings (SSSR count). The lowest BCUT2D eigenvalue weighted by atomic mass is 9.98. The first-order valence-electron chi connectivity index (χ1n) is 11.4. The third-order valence-corrected chi connectivity index (χ3v) is 8.37. The molecule has 0 aliphatic carbocycles. The van der Waals surface area contributed by atoms with Crippen LogP contribution in [0.3, 0.4) is 0 Å². The van der Waals surface area contributed by atoms with Gasteiger partial charge in [-0.25, -0.2) is 4.79 Å². The second-order valence-corrected chi connectivity index (χ2v) is 10.9. The lowest BCUT2D eigenvalue weighted by Gasteiger charge is -2.30. The van der Waals surface area contributed by atoms with Crippen LogP contribution in [0.2, 0.25) is 0 Å². The fourth-order valence-electron chi connectivity index (χ4n) is 4.01. The van der Waals surface area contributed by atoms with E-state index in [1.165, 1.54) is 30.0 Å². The van der Waals surface area contributed by atoms with Crippen LogP contribution in [-0.4, -0.2) is 51.0 Å². The van der Waals surface area contributed by atoms with Crippen molar-refractivity contribution in [1.82, 2.24) is 20.6 Å². The van der Waals surface area contributed by atoms with Gasteiger partial charge in [0.15, 0.2) is 5.17 Å². The molecule has 3 aromatic carbocycles. The van der Waals surface area contributed by atoms with E-state index in [1.807, 2.05) is 55.5 Å². The minimum atomic E-state index is -3.95. The van der Waals surface area contributed by atoms with Gasteiger partial charge in [-0.3, -0.25) is 0 Å². The van der Waals surface area contributed by atoms with Crippen LogP contribution in [0.1, 0.15) is 29.3 Å². The Hall–Kier alpha value is -4.03. The average molecular weight is 535 g/mol. The van der Waals surface area contributed by atoms with Crippen LogP contribution in [-0.2, 0) is 16.6 Å². The number of aromatic amines is 1. The number of rotatable bonds is 7. The zero-order chi connectivity index (χ0) is 26.0. The first kappa shape index (κ1) is 24.7. The Labute approximate surface area is 217 Å². The van der Waals surface area contributed by atoms with Crippen molar-refractivity contribution in [3.8, 4) is 22.5 Å². The molecule has 0 bridgehead atoms. The molecule has 188 valence electrons. The van der Waals surface area contributed by atoms with Crippen molar-refractivity contribution >= 4 is 38.6 Å². The second kappa shape index (κ2) is 10.1. The molecule has 2 heterocycles. The van der Waals surface area contributed by atoms with Crippen LogP contribution in [0.25, 0.3) is 22.5 Å². The Balaban J connectivity index is 1.51. The molecule has 0 fully saturated rings. The molecule has 0 saturated heterocycles. The molecule has 12 heteroatoms. The smallest absolute Gasteiger partial charge is 0.335 e. The predicted octanol–water partition coefficient (Wildman–Crippen LogP) is 4.44. The van der Waals surface area contributed by atoms with Crippen molar-refractivity contribution in [3.63, 3.8) is 0 Å². The number of hydrogen-bond donors (Lipinski definition) is 2. The zero-order valence-electron chi connectivity index (χ0n) is 19.7. The van der Waals surface area contributed by atoms with Crippen LogP contribution in [0.15, 0.2) is 76.0 Å². The topological polar surface area (TPSA) is 142 Å². The Kier molecular flexibility index (Phi) is 6.76. The van der Waals surface area contributed by atoms with Gasteiger partial charge in [-0.2, -0.15) is 13.6 Å². The maximum absolute atomic E-state index is 12.9. The van der Waals surface area contributed by atoms with E-state index >= 15 is 0 Å². The monoisotopic (exact) mass is 534 g/mol. The number of sulfonamides is 1. The minimum Gasteiger partial charge on any atom is -0.478 e. The third-order valence-electron chi connectivity index (χ3n) is 5.76. The number of hydrogen-bond acceptors (Lipinski definition) is 8. The summed E-state index contributed by atoms with van der Waals surface area (Å²) in [6.07, 6.45) is 0.827. The molecule has 4 aromatic rings. The van der Waals surface area contributed by atoms with Gasteiger partial charge < -0.3 is 10.0 Å². The number of thioether (sulfide) groups is 1. The highest BCUT2D eigenvalue weighted by Gasteiger charge is 2.32. The maximum atomic E-state index is 12.9. The zero-order valence-corrected chi connectivity index (χ0v) is 21.3. The molecule has 10 nitrogen and oxygen atoms in total. The third kappa shape index (κ3) is 4.98. The van der Waals surface area contributed by atoms with Crippen molar-refractivity contribution in [1.29, 1.82) is 0 Å². The Morgan fingerprint density at radius 2 is 1.81 bits per heavy atom. The second-order valence-electron chi connectivity index (χ2n) is 8.25. The van der Waals surface area contributed by atoms with Crippen LogP contribution in [0.4, 0.5) is 5.69 Å². The number of carboxylic acid groups (broad SMARTS) is 1. The molecule has 0 radical (unpaired) electrons. The minimum absolute atomic E-state index is 0.00844. The highest BCUT2D eigenvalue weighted by atomic mass is 32.2. The first-order chi connectivity index (χ1) is 17.9. The summed E-state index contributed by atoms with van der Waals surface area (Å²) in [4.78, 5) is 13.4. The maximum Gasteiger partial charge on any atom is 0.335 e. The summed E-state index contributed by atoms with van der Waals surface area (Å²) in [5, 5.41) is 24.1. The predicted molar refractivity (Wildman–Crippen MR) is 142 cm³/mol. The summed E-state index contributed by atoms with van der Waals surface area (Å²) < 4.78 is 29.8. The summed E-state index contributed by atoms with van der Waals surface area (Å²) in [5.41, 5.74) is 3.95. The van der Waals surface area contributed by atoms with Gasteiger partial charge in [0.1, 0.15) is 4.90 Å². The lowest BCUT2D eigenvalue weighted by molar-refractivity contribution is 0.0696. The van der Waals surface area contributed by atoms with E-state index in [4.69, 9.17) is 0 Å². The summed E-state index contributed by atoms with van der Waals surface area (Å²) in [7, 11) is -3.95. The molecule has 2 N–H and O–H groups in total. The standard InChI is InChI=1S/C25H22N6O4S2/c1-2-13-36-25-28-37(34,35)22-12-11-18(24(32)33)14-21(22)31(25)15-16-7-9-17(10-8-16)19-5-3-4-6-20(19)23-26-29-30-27-23/h3-12,14H,2,13,15H2,1H3,(H,32,33)(H,26,27,29,30). The number of aromatic carboxylic acids is 1. The van der Waals surface area contributed by atoms with Crippen molar-refractivity contribution in [2.75, 3.05) is 10.7 Å². The van der Waals surface area contributed by atoms with Crippen LogP contribution in [0, 0.1) is 0 Å². The van der Waals surface area contributed by atoms with Crippen molar-refractivity contribution in [3.05, 3.63) is 77.9 Å². The molecule has 0 spiro atoms.